The predicted octanol–water partition coefficient (Wildman–Crippen LogP) is 2.71. The third-order valence-electron chi connectivity index (χ3n) is 2.53. The van der Waals surface area contributed by atoms with E-state index >= 15 is 0 Å². The largest absolute Gasteiger partial charge is 0.292 e. The first-order valence-corrected chi connectivity index (χ1v) is 7.25. The number of rotatable bonds is 2. The lowest BCUT2D eigenvalue weighted by atomic mass is 10.2. The van der Waals surface area contributed by atoms with Gasteiger partial charge in [-0.15, -0.1) is 10.2 Å². The van der Waals surface area contributed by atoms with Crippen LogP contribution in [-0.2, 0) is 6.54 Å². The van der Waals surface area contributed by atoms with E-state index in [0.717, 1.165) is 4.47 Å². The van der Waals surface area contributed by atoms with Crippen LogP contribution in [0.2, 0.25) is 4.47 Å². The van der Waals surface area contributed by atoms with E-state index in [1.165, 1.54) is 22.2 Å². The Hall–Kier alpha value is -1.31. The second kappa shape index (κ2) is 4.99. The molecule has 0 aliphatic rings. The third kappa shape index (κ3) is 2.54. The van der Waals surface area contributed by atoms with Crippen molar-refractivity contribution in [3.8, 4) is 0 Å². The van der Waals surface area contributed by atoms with Crippen molar-refractivity contribution in [2.24, 2.45) is 0 Å². The molecule has 0 aliphatic carbocycles. The van der Waals surface area contributed by atoms with Crippen molar-refractivity contribution in [1.82, 2.24) is 19.7 Å². The standard InChI is InChI=1S/C11H6BrClN4OS/c12-6-1-2-8-7(3-6)10(18)17(5-14-8)4-9-15-16-11(13)19-9/h1-3,5H,4H2. The lowest BCUT2D eigenvalue weighted by molar-refractivity contribution is 0.734. The zero-order chi connectivity index (χ0) is 13.4. The quantitative estimate of drug-likeness (QED) is 0.707. The molecule has 0 saturated heterocycles. The summed E-state index contributed by atoms with van der Waals surface area (Å²) in [4.78, 5) is 16.6. The highest BCUT2D eigenvalue weighted by Crippen LogP contribution is 2.17. The topological polar surface area (TPSA) is 60.7 Å². The van der Waals surface area contributed by atoms with Gasteiger partial charge >= 0.3 is 0 Å². The van der Waals surface area contributed by atoms with Gasteiger partial charge in [0, 0.05) is 4.47 Å². The average molecular weight is 358 g/mol. The number of hydrogen-bond acceptors (Lipinski definition) is 5. The Balaban J connectivity index is 2.09. The monoisotopic (exact) mass is 356 g/mol. The van der Waals surface area contributed by atoms with Crippen LogP contribution in [0.15, 0.2) is 33.8 Å². The summed E-state index contributed by atoms with van der Waals surface area (Å²) in [5.74, 6) is 0. The molecular weight excluding hydrogens is 352 g/mol. The van der Waals surface area contributed by atoms with E-state index in [0.29, 0.717) is 26.9 Å². The summed E-state index contributed by atoms with van der Waals surface area (Å²) in [5, 5.41) is 8.83. The fourth-order valence-electron chi connectivity index (χ4n) is 1.69. The second-order valence-electron chi connectivity index (χ2n) is 3.79. The minimum atomic E-state index is -0.113. The Kier molecular flexibility index (Phi) is 3.34. The van der Waals surface area contributed by atoms with Gasteiger partial charge in [-0.25, -0.2) is 4.98 Å². The summed E-state index contributed by atoms with van der Waals surface area (Å²) >= 11 is 10.3. The van der Waals surface area contributed by atoms with Crippen LogP contribution in [0, 0.1) is 0 Å². The molecule has 96 valence electrons. The number of fused-ring (bicyclic) bond motifs is 1. The maximum absolute atomic E-state index is 12.3. The molecule has 0 unspecified atom stereocenters. The SMILES string of the molecule is O=c1c2cc(Br)ccc2ncn1Cc1nnc(Cl)s1. The Morgan fingerprint density at radius 1 is 1.37 bits per heavy atom. The van der Waals surface area contributed by atoms with E-state index in [-0.39, 0.29) is 5.56 Å². The summed E-state index contributed by atoms with van der Waals surface area (Å²) in [7, 11) is 0. The van der Waals surface area contributed by atoms with Crippen molar-refractivity contribution in [2.45, 2.75) is 6.54 Å². The van der Waals surface area contributed by atoms with Crippen LogP contribution in [0.25, 0.3) is 10.9 Å². The van der Waals surface area contributed by atoms with E-state index < -0.39 is 0 Å². The molecule has 0 atom stereocenters. The summed E-state index contributed by atoms with van der Waals surface area (Å²) in [6.45, 7) is 0.318. The van der Waals surface area contributed by atoms with Crippen LogP contribution >= 0.6 is 38.9 Å². The first-order valence-electron chi connectivity index (χ1n) is 5.26. The molecule has 0 fully saturated rings. The number of aromatic nitrogens is 4. The fourth-order valence-corrected chi connectivity index (χ4v) is 2.91. The number of benzene rings is 1. The molecule has 0 aliphatic heterocycles. The molecule has 5 nitrogen and oxygen atoms in total. The Morgan fingerprint density at radius 3 is 2.95 bits per heavy atom. The first-order chi connectivity index (χ1) is 9.13. The summed E-state index contributed by atoms with van der Waals surface area (Å²) in [6, 6.07) is 5.41. The zero-order valence-electron chi connectivity index (χ0n) is 9.38. The van der Waals surface area contributed by atoms with Crippen molar-refractivity contribution in [3.05, 3.63) is 48.8 Å². The van der Waals surface area contributed by atoms with Crippen LogP contribution < -0.4 is 5.56 Å². The molecule has 0 saturated carbocycles. The van der Waals surface area contributed by atoms with Gasteiger partial charge in [0.1, 0.15) is 5.01 Å². The van der Waals surface area contributed by atoms with Gasteiger partial charge in [0.05, 0.1) is 23.8 Å². The highest BCUT2D eigenvalue weighted by Gasteiger charge is 2.08. The van der Waals surface area contributed by atoms with E-state index in [2.05, 4.69) is 31.1 Å². The van der Waals surface area contributed by atoms with Crippen LogP contribution in [0.5, 0.6) is 0 Å². The third-order valence-corrected chi connectivity index (χ3v) is 4.03. The van der Waals surface area contributed by atoms with Crippen LogP contribution in [0.4, 0.5) is 0 Å². The maximum Gasteiger partial charge on any atom is 0.261 e. The number of nitrogens with zero attached hydrogens (tertiary/aromatic N) is 4. The van der Waals surface area contributed by atoms with E-state index in [1.807, 2.05) is 6.07 Å². The molecule has 0 radical (unpaired) electrons. The second-order valence-corrected chi connectivity index (χ2v) is 6.35. The zero-order valence-corrected chi connectivity index (χ0v) is 12.5. The Bertz CT molecular complexity index is 816. The van der Waals surface area contributed by atoms with Gasteiger partial charge in [0.25, 0.3) is 5.56 Å². The lowest BCUT2D eigenvalue weighted by Crippen LogP contribution is -2.21. The van der Waals surface area contributed by atoms with Crippen molar-refractivity contribution < 1.29 is 0 Å². The molecule has 8 heteroatoms. The molecule has 1 aromatic carbocycles. The first kappa shape index (κ1) is 12.7. The van der Waals surface area contributed by atoms with E-state index in [4.69, 9.17) is 11.6 Å². The Morgan fingerprint density at radius 2 is 2.21 bits per heavy atom. The van der Waals surface area contributed by atoms with Crippen LogP contribution in [-0.4, -0.2) is 19.7 Å². The molecule has 0 amide bonds. The van der Waals surface area contributed by atoms with Crippen molar-refractivity contribution in [3.63, 3.8) is 0 Å². The minimum Gasteiger partial charge on any atom is -0.292 e. The van der Waals surface area contributed by atoms with Gasteiger partial charge in [0.15, 0.2) is 0 Å². The molecule has 2 aromatic heterocycles. The summed E-state index contributed by atoms with van der Waals surface area (Å²) in [6.07, 6.45) is 1.51. The molecule has 0 bridgehead atoms. The van der Waals surface area contributed by atoms with Crippen molar-refractivity contribution in [1.29, 1.82) is 0 Å². The van der Waals surface area contributed by atoms with E-state index in [9.17, 15) is 4.79 Å². The average Bonchev–Trinajstić information content (AvgIpc) is 2.79. The molecule has 19 heavy (non-hydrogen) atoms. The van der Waals surface area contributed by atoms with E-state index in [1.54, 1.807) is 12.1 Å². The van der Waals surface area contributed by atoms with Crippen LogP contribution in [0.3, 0.4) is 0 Å². The number of hydrogen-bond donors (Lipinski definition) is 0. The normalized spacial score (nSPS) is 11.1. The highest BCUT2D eigenvalue weighted by atomic mass is 79.9. The molecule has 3 rings (SSSR count). The van der Waals surface area contributed by atoms with Crippen LogP contribution in [0.1, 0.15) is 5.01 Å². The smallest absolute Gasteiger partial charge is 0.261 e. The number of halogens is 2. The van der Waals surface area contributed by atoms with Gasteiger partial charge in [-0.2, -0.15) is 0 Å². The van der Waals surface area contributed by atoms with Gasteiger partial charge in [0.2, 0.25) is 4.47 Å². The molecule has 0 N–H and O–H groups in total. The molecule has 0 spiro atoms. The summed E-state index contributed by atoms with van der Waals surface area (Å²) < 4.78 is 2.70. The molecular formula is C11H6BrClN4OS. The lowest BCUT2D eigenvalue weighted by Gasteiger charge is -2.04. The predicted molar refractivity (Wildman–Crippen MR) is 77.7 cm³/mol. The van der Waals surface area contributed by atoms with Crippen molar-refractivity contribution >= 4 is 49.8 Å². The highest BCUT2D eigenvalue weighted by molar-refractivity contribution is 9.10. The van der Waals surface area contributed by atoms with Gasteiger partial charge in [-0.1, -0.05) is 27.3 Å². The maximum atomic E-state index is 12.3. The Labute approximate surface area is 125 Å². The molecule has 2 heterocycles. The van der Waals surface area contributed by atoms with Crippen molar-refractivity contribution in [2.75, 3.05) is 0 Å². The van der Waals surface area contributed by atoms with Gasteiger partial charge < -0.3 is 0 Å². The molecule has 3 aromatic rings. The summed E-state index contributed by atoms with van der Waals surface area (Å²) in [5.41, 5.74) is 0.553. The fraction of sp³-hybridized carbons (Fsp3) is 0.0909. The van der Waals surface area contributed by atoms with Gasteiger partial charge in [-0.3, -0.25) is 9.36 Å². The minimum absolute atomic E-state index is 0.113. The van der Waals surface area contributed by atoms with Gasteiger partial charge in [-0.05, 0) is 29.8 Å².